The number of ether oxygens (including phenoxy) is 3. The zero-order valence-electron chi connectivity index (χ0n) is 35.9. The van der Waals surface area contributed by atoms with E-state index in [-0.39, 0.29) is 36.2 Å². The first-order valence-corrected chi connectivity index (χ1v) is 22.4. The fraction of sp³-hybridized carbons (Fsp3) is 0.848. The van der Waals surface area contributed by atoms with E-state index in [4.69, 9.17) is 14.2 Å². The first-order valence-electron chi connectivity index (χ1n) is 22.4. The third-order valence-corrected chi connectivity index (χ3v) is 10.1. The number of allylic oxidation sites excluding steroid dienone is 4. The Morgan fingerprint density at radius 3 is 1.52 bits per heavy atom. The van der Waals surface area contributed by atoms with Crippen LogP contribution in [-0.2, 0) is 28.6 Å². The topological polar surface area (TPSA) is 99.1 Å². The van der Waals surface area contributed by atoms with Crippen LogP contribution in [0.1, 0.15) is 200 Å². The summed E-state index contributed by atoms with van der Waals surface area (Å²) in [5.74, 6) is -1.46. The van der Waals surface area contributed by atoms with Gasteiger partial charge >= 0.3 is 17.9 Å². The van der Waals surface area contributed by atoms with Gasteiger partial charge in [0.25, 0.3) is 0 Å². The highest BCUT2D eigenvalue weighted by Crippen LogP contribution is 2.15. The summed E-state index contributed by atoms with van der Waals surface area (Å²) in [5.41, 5.74) is 0. The molecular formula is C46H86NO7+. The predicted octanol–water partition coefficient (Wildman–Crippen LogP) is 12.1. The number of rotatable bonds is 40. The summed E-state index contributed by atoms with van der Waals surface area (Å²) < 4.78 is 17.3. The minimum Gasteiger partial charge on any atom is -0.477 e. The van der Waals surface area contributed by atoms with Crippen molar-refractivity contribution in [2.24, 2.45) is 0 Å². The number of aliphatic carboxylic acids is 1. The largest absolute Gasteiger partial charge is 0.477 e. The Balaban J connectivity index is 4.19. The van der Waals surface area contributed by atoms with Crippen molar-refractivity contribution in [2.45, 2.75) is 212 Å². The molecule has 0 rings (SSSR count). The Bertz CT molecular complexity index is 942. The summed E-state index contributed by atoms with van der Waals surface area (Å²) >= 11 is 0. The average molecular weight is 765 g/mol. The van der Waals surface area contributed by atoms with Crippen molar-refractivity contribution in [1.29, 1.82) is 0 Å². The van der Waals surface area contributed by atoms with Crippen LogP contribution >= 0.6 is 0 Å². The van der Waals surface area contributed by atoms with E-state index in [0.29, 0.717) is 19.3 Å². The number of quaternary nitrogens is 1. The number of carboxylic acids is 1. The standard InChI is InChI=1S/C46H85NO7/c1-6-8-10-12-14-16-17-18-19-20-21-22-23-24-25-26-27-29-31-33-35-37-45(49)54-42(40-52-39-38-43(46(50)51)47(3,4)5)41-53-44(48)36-34-32-30-28-15-13-11-9-7-2/h8,10,14,16,42-43H,6-7,9,11-13,15,17-41H2,1-5H3/p+1/b10-8+,16-14+. The predicted molar refractivity (Wildman–Crippen MR) is 225 cm³/mol. The van der Waals surface area contributed by atoms with Crippen molar-refractivity contribution in [2.75, 3.05) is 41.0 Å². The zero-order chi connectivity index (χ0) is 40.0. The Labute approximate surface area is 332 Å². The number of hydrogen-bond donors (Lipinski definition) is 1. The molecule has 1 N–H and O–H groups in total. The number of likely N-dealkylation sites (N-methyl/N-ethyl adjacent to an activating group) is 1. The Morgan fingerprint density at radius 1 is 0.574 bits per heavy atom. The van der Waals surface area contributed by atoms with Gasteiger partial charge in [-0.3, -0.25) is 9.59 Å². The van der Waals surface area contributed by atoms with E-state index < -0.39 is 18.1 Å². The van der Waals surface area contributed by atoms with Gasteiger partial charge in [0.2, 0.25) is 0 Å². The van der Waals surface area contributed by atoms with Crippen LogP contribution in [-0.4, -0.2) is 80.6 Å². The minimum atomic E-state index is -0.873. The summed E-state index contributed by atoms with van der Waals surface area (Å²) in [6.45, 7) is 4.63. The molecule has 0 aliphatic carbocycles. The molecule has 8 nitrogen and oxygen atoms in total. The third kappa shape index (κ3) is 35.5. The molecule has 0 saturated heterocycles. The molecule has 0 radical (unpaired) electrons. The first kappa shape index (κ1) is 51.8. The van der Waals surface area contributed by atoms with Crippen LogP contribution in [0, 0.1) is 0 Å². The molecule has 2 atom stereocenters. The number of carboxylic acid groups (broad SMARTS) is 1. The smallest absolute Gasteiger partial charge is 0.362 e. The first-order chi connectivity index (χ1) is 26.1. The highest BCUT2D eigenvalue weighted by atomic mass is 16.6. The van der Waals surface area contributed by atoms with Gasteiger partial charge in [-0.1, -0.05) is 167 Å². The molecule has 0 spiro atoms. The van der Waals surface area contributed by atoms with E-state index in [9.17, 15) is 19.5 Å². The minimum absolute atomic E-state index is 0.0465. The Kier molecular flexibility index (Phi) is 36.2. The highest BCUT2D eigenvalue weighted by molar-refractivity contribution is 5.72. The van der Waals surface area contributed by atoms with E-state index in [2.05, 4.69) is 38.2 Å². The van der Waals surface area contributed by atoms with Crippen LogP contribution in [0.5, 0.6) is 0 Å². The molecule has 0 aromatic carbocycles. The maximum Gasteiger partial charge on any atom is 0.362 e. The maximum atomic E-state index is 12.7. The SMILES string of the molecule is CC/C=C/C/C=C/CCCCCCCCCCCCCCCCC(=O)OC(COCCC(C(=O)O)[N+](C)(C)C)COC(=O)CCCCCCCCCCC. The van der Waals surface area contributed by atoms with Gasteiger partial charge in [0.15, 0.2) is 12.1 Å². The highest BCUT2D eigenvalue weighted by Gasteiger charge is 2.31. The second-order valence-electron chi connectivity index (χ2n) is 16.3. The van der Waals surface area contributed by atoms with Gasteiger partial charge < -0.3 is 23.8 Å². The molecule has 0 fully saturated rings. The van der Waals surface area contributed by atoms with Gasteiger partial charge in [-0.2, -0.15) is 0 Å². The second kappa shape index (κ2) is 37.7. The maximum absolute atomic E-state index is 12.7. The summed E-state index contributed by atoms with van der Waals surface area (Å²) in [4.78, 5) is 36.9. The van der Waals surface area contributed by atoms with Gasteiger partial charge in [-0.15, -0.1) is 0 Å². The van der Waals surface area contributed by atoms with Crippen LogP contribution in [0.3, 0.4) is 0 Å². The van der Waals surface area contributed by atoms with E-state index in [1.54, 1.807) is 0 Å². The summed E-state index contributed by atoms with van der Waals surface area (Å²) in [6.07, 6.45) is 40.9. The molecule has 0 aliphatic rings. The summed E-state index contributed by atoms with van der Waals surface area (Å²) in [6, 6.07) is -0.610. The fourth-order valence-electron chi connectivity index (χ4n) is 6.66. The number of esters is 2. The van der Waals surface area contributed by atoms with Crippen molar-refractivity contribution in [3.8, 4) is 0 Å². The van der Waals surface area contributed by atoms with E-state index in [0.717, 1.165) is 51.4 Å². The normalized spacial score (nSPS) is 13.1. The quantitative estimate of drug-likeness (QED) is 0.0287. The van der Waals surface area contributed by atoms with Crippen LogP contribution < -0.4 is 0 Å². The van der Waals surface area contributed by atoms with E-state index in [1.807, 2.05) is 21.1 Å². The van der Waals surface area contributed by atoms with Crippen LogP contribution in [0.4, 0.5) is 0 Å². The average Bonchev–Trinajstić information content (AvgIpc) is 3.12. The third-order valence-electron chi connectivity index (χ3n) is 10.1. The number of hydrogen-bond acceptors (Lipinski definition) is 6. The summed E-state index contributed by atoms with van der Waals surface area (Å²) in [5, 5.41) is 9.60. The fourth-order valence-corrected chi connectivity index (χ4v) is 6.66. The number of nitrogens with zero attached hydrogens (tertiary/aromatic N) is 1. The molecule has 0 saturated carbocycles. The van der Waals surface area contributed by atoms with Crippen molar-refractivity contribution < 1.29 is 38.2 Å². The van der Waals surface area contributed by atoms with Crippen LogP contribution in [0.25, 0.3) is 0 Å². The molecule has 54 heavy (non-hydrogen) atoms. The van der Waals surface area contributed by atoms with Gasteiger partial charge in [-0.25, -0.2) is 4.79 Å². The van der Waals surface area contributed by atoms with E-state index >= 15 is 0 Å². The molecule has 0 heterocycles. The lowest BCUT2D eigenvalue weighted by atomic mass is 10.0. The van der Waals surface area contributed by atoms with Crippen molar-refractivity contribution in [1.82, 2.24) is 0 Å². The lowest BCUT2D eigenvalue weighted by molar-refractivity contribution is -0.887. The van der Waals surface area contributed by atoms with Crippen LogP contribution in [0.15, 0.2) is 24.3 Å². The number of unbranched alkanes of at least 4 members (excludes halogenated alkanes) is 22. The van der Waals surface area contributed by atoms with Gasteiger partial charge in [-0.05, 0) is 38.5 Å². The van der Waals surface area contributed by atoms with Gasteiger partial charge in [0.05, 0.1) is 34.4 Å². The molecular weight excluding hydrogens is 679 g/mol. The Hall–Kier alpha value is -2.19. The molecule has 2 unspecified atom stereocenters. The molecule has 0 bridgehead atoms. The Morgan fingerprint density at radius 2 is 1.04 bits per heavy atom. The molecule has 316 valence electrons. The molecule has 0 aromatic heterocycles. The van der Waals surface area contributed by atoms with Crippen molar-refractivity contribution in [3.63, 3.8) is 0 Å². The molecule has 0 aromatic rings. The second-order valence-corrected chi connectivity index (χ2v) is 16.3. The monoisotopic (exact) mass is 765 g/mol. The van der Waals surface area contributed by atoms with Crippen LogP contribution in [0.2, 0.25) is 0 Å². The van der Waals surface area contributed by atoms with E-state index in [1.165, 1.54) is 116 Å². The van der Waals surface area contributed by atoms with Gasteiger partial charge in [0, 0.05) is 19.3 Å². The van der Waals surface area contributed by atoms with Crippen molar-refractivity contribution >= 4 is 17.9 Å². The lowest BCUT2D eigenvalue weighted by Crippen LogP contribution is -2.50. The lowest BCUT2D eigenvalue weighted by Gasteiger charge is -2.31. The van der Waals surface area contributed by atoms with Crippen molar-refractivity contribution in [3.05, 3.63) is 24.3 Å². The van der Waals surface area contributed by atoms with Gasteiger partial charge in [0.1, 0.15) is 6.61 Å². The number of carbonyl (C=O) groups is 3. The molecule has 0 amide bonds. The molecule has 8 heteroatoms. The summed E-state index contributed by atoms with van der Waals surface area (Å²) in [7, 11) is 5.53. The molecule has 0 aliphatic heterocycles. The number of carbonyl (C=O) groups excluding carboxylic acids is 2. The zero-order valence-corrected chi connectivity index (χ0v) is 35.9.